The van der Waals surface area contributed by atoms with Gasteiger partial charge >= 0.3 is 6.18 Å². The second-order valence-corrected chi connectivity index (χ2v) is 6.60. The standard InChI is InChI=1S/C21H17F3N4O2/c1-25-18-6-3-7-19(27-18)28-11-10-14-15(20(28)29)4-2-5-16(14)30-13-8-9-17(26-12-13)21(22,23)24/h2-9,12H,10-11H2,1H3,(H,25,27). The molecule has 3 aromatic rings. The predicted octanol–water partition coefficient (Wildman–Crippen LogP) is 4.53. The maximum absolute atomic E-state index is 13.0. The van der Waals surface area contributed by atoms with Crippen LogP contribution in [0, 0.1) is 0 Å². The van der Waals surface area contributed by atoms with Crippen molar-refractivity contribution in [1.82, 2.24) is 9.97 Å². The molecular formula is C21H17F3N4O2. The highest BCUT2D eigenvalue weighted by atomic mass is 19.4. The van der Waals surface area contributed by atoms with Crippen molar-refractivity contribution < 1.29 is 22.7 Å². The number of nitrogens with zero attached hydrogens (tertiary/aromatic N) is 3. The van der Waals surface area contributed by atoms with E-state index in [0.29, 0.717) is 41.5 Å². The highest BCUT2D eigenvalue weighted by Gasteiger charge is 2.32. The largest absolute Gasteiger partial charge is 0.455 e. The molecule has 1 aromatic carbocycles. The summed E-state index contributed by atoms with van der Waals surface area (Å²) in [4.78, 5) is 22.5. The van der Waals surface area contributed by atoms with Gasteiger partial charge in [0.2, 0.25) is 0 Å². The van der Waals surface area contributed by atoms with Gasteiger partial charge in [0.05, 0.1) is 6.20 Å². The van der Waals surface area contributed by atoms with E-state index in [2.05, 4.69) is 15.3 Å². The number of benzene rings is 1. The summed E-state index contributed by atoms with van der Waals surface area (Å²) in [5, 5.41) is 2.94. The minimum absolute atomic E-state index is 0.162. The van der Waals surface area contributed by atoms with Crippen LogP contribution in [0.5, 0.6) is 11.5 Å². The topological polar surface area (TPSA) is 67.3 Å². The van der Waals surface area contributed by atoms with Crippen molar-refractivity contribution in [2.45, 2.75) is 12.6 Å². The Hall–Kier alpha value is -3.62. The number of hydrogen-bond donors (Lipinski definition) is 1. The maximum atomic E-state index is 13.0. The molecule has 6 nitrogen and oxygen atoms in total. The lowest BCUT2D eigenvalue weighted by molar-refractivity contribution is -0.141. The van der Waals surface area contributed by atoms with E-state index < -0.39 is 11.9 Å². The van der Waals surface area contributed by atoms with Crippen LogP contribution >= 0.6 is 0 Å². The molecule has 0 aliphatic carbocycles. The normalized spacial score (nSPS) is 13.7. The Morgan fingerprint density at radius 3 is 2.60 bits per heavy atom. The Labute approximate surface area is 170 Å². The van der Waals surface area contributed by atoms with Crippen LogP contribution in [0.3, 0.4) is 0 Å². The molecule has 0 fully saturated rings. The number of pyridine rings is 2. The first kappa shape index (κ1) is 19.7. The summed E-state index contributed by atoms with van der Waals surface area (Å²) < 4.78 is 43.8. The first-order valence-corrected chi connectivity index (χ1v) is 9.16. The number of ether oxygens (including phenoxy) is 1. The number of carbonyl (C=O) groups is 1. The van der Waals surface area contributed by atoms with Crippen LogP contribution in [-0.4, -0.2) is 29.5 Å². The summed E-state index contributed by atoms with van der Waals surface area (Å²) in [6.07, 6.45) is -2.98. The molecule has 154 valence electrons. The average Bonchev–Trinajstić information content (AvgIpc) is 2.74. The number of fused-ring (bicyclic) bond motifs is 1. The Kier molecular flexibility index (Phi) is 5.03. The molecule has 0 bridgehead atoms. The van der Waals surface area contributed by atoms with Gasteiger partial charge in [0.15, 0.2) is 0 Å². The lowest BCUT2D eigenvalue weighted by Crippen LogP contribution is -2.38. The quantitative estimate of drug-likeness (QED) is 0.679. The van der Waals surface area contributed by atoms with Crippen molar-refractivity contribution in [3.63, 3.8) is 0 Å². The number of anilines is 2. The Morgan fingerprint density at radius 1 is 1.10 bits per heavy atom. The van der Waals surface area contributed by atoms with Gasteiger partial charge in [0.25, 0.3) is 5.91 Å². The van der Waals surface area contributed by atoms with Gasteiger partial charge in [-0.15, -0.1) is 0 Å². The molecule has 1 N–H and O–H groups in total. The van der Waals surface area contributed by atoms with E-state index in [-0.39, 0.29) is 11.7 Å². The molecule has 4 rings (SSSR count). The molecule has 3 heterocycles. The van der Waals surface area contributed by atoms with Gasteiger partial charge in [0.1, 0.15) is 28.8 Å². The molecule has 2 aromatic heterocycles. The molecule has 0 atom stereocenters. The summed E-state index contributed by atoms with van der Waals surface area (Å²) >= 11 is 0. The molecule has 0 unspecified atom stereocenters. The van der Waals surface area contributed by atoms with Crippen molar-refractivity contribution in [3.05, 3.63) is 71.5 Å². The number of alkyl halides is 3. The van der Waals surface area contributed by atoms with Gasteiger partial charge in [-0.3, -0.25) is 9.69 Å². The van der Waals surface area contributed by atoms with Gasteiger partial charge in [-0.05, 0) is 42.8 Å². The Morgan fingerprint density at radius 2 is 1.90 bits per heavy atom. The number of rotatable bonds is 4. The lowest BCUT2D eigenvalue weighted by Gasteiger charge is -2.29. The lowest BCUT2D eigenvalue weighted by atomic mass is 9.98. The van der Waals surface area contributed by atoms with Gasteiger partial charge in [-0.2, -0.15) is 13.2 Å². The Bertz CT molecular complexity index is 1080. The second kappa shape index (κ2) is 7.66. The van der Waals surface area contributed by atoms with E-state index >= 15 is 0 Å². The van der Waals surface area contributed by atoms with Crippen molar-refractivity contribution >= 4 is 17.5 Å². The van der Waals surface area contributed by atoms with Crippen molar-refractivity contribution in [1.29, 1.82) is 0 Å². The molecule has 0 radical (unpaired) electrons. The van der Waals surface area contributed by atoms with Gasteiger partial charge < -0.3 is 10.1 Å². The third-order valence-corrected chi connectivity index (χ3v) is 4.72. The van der Waals surface area contributed by atoms with E-state index in [0.717, 1.165) is 12.3 Å². The number of nitrogens with one attached hydrogen (secondary N) is 1. The highest BCUT2D eigenvalue weighted by Crippen LogP contribution is 2.34. The van der Waals surface area contributed by atoms with Crippen LogP contribution in [0.2, 0.25) is 0 Å². The second-order valence-electron chi connectivity index (χ2n) is 6.60. The number of halogens is 3. The zero-order valence-electron chi connectivity index (χ0n) is 15.9. The van der Waals surface area contributed by atoms with Crippen LogP contribution in [0.4, 0.5) is 24.8 Å². The zero-order valence-corrected chi connectivity index (χ0v) is 15.9. The smallest absolute Gasteiger partial charge is 0.433 e. The third kappa shape index (κ3) is 3.78. The molecule has 0 saturated heterocycles. The molecule has 1 amide bonds. The molecule has 0 spiro atoms. The molecule has 0 saturated carbocycles. The first-order valence-electron chi connectivity index (χ1n) is 9.16. The van der Waals surface area contributed by atoms with E-state index in [1.807, 2.05) is 6.07 Å². The fourth-order valence-electron chi connectivity index (χ4n) is 3.26. The summed E-state index contributed by atoms with van der Waals surface area (Å²) in [7, 11) is 1.75. The van der Waals surface area contributed by atoms with E-state index in [4.69, 9.17) is 4.74 Å². The fourth-order valence-corrected chi connectivity index (χ4v) is 3.26. The monoisotopic (exact) mass is 414 g/mol. The predicted molar refractivity (Wildman–Crippen MR) is 105 cm³/mol. The number of aromatic nitrogens is 2. The first-order chi connectivity index (χ1) is 14.4. The number of amides is 1. The van der Waals surface area contributed by atoms with E-state index in [9.17, 15) is 18.0 Å². The molecule has 1 aliphatic heterocycles. The van der Waals surface area contributed by atoms with Crippen LogP contribution in [0.25, 0.3) is 0 Å². The molecule has 1 aliphatic rings. The van der Waals surface area contributed by atoms with Gasteiger partial charge in [-0.25, -0.2) is 9.97 Å². The number of hydrogen-bond acceptors (Lipinski definition) is 5. The van der Waals surface area contributed by atoms with E-state index in [1.165, 1.54) is 6.07 Å². The average molecular weight is 414 g/mol. The molecule has 30 heavy (non-hydrogen) atoms. The highest BCUT2D eigenvalue weighted by molar-refractivity contribution is 6.08. The minimum atomic E-state index is -4.51. The fraction of sp³-hybridized carbons (Fsp3) is 0.190. The summed E-state index contributed by atoms with van der Waals surface area (Å²) in [6, 6.07) is 12.5. The van der Waals surface area contributed by atoms with Crippen LogP contribution < -0.4 is 15.0 Å². The van der Waals surface area contributed by atoms with Crippen LogP contribution in [0.15, 0.2) is 54.7 Å². The summed E-state index contributed by atoms with van der Waals surface area (Å²) in [5.41, 5.74) is 0.172. The van der Waals surface area contributed by atoms with Crippen molar-refractivity contribution in [2.75, 3.05) is 23.8 Å². The van der Waals surface area contributed by atoms with Crippen LogP contribution in [0.1, 0.15) is 21.6 Å². The van der Waals surface area contributed by atoms with E-state index in [1.54, 1.807) is 42.3 Å². The van der Waals surface area contributed by atoms with Gasteiger partial charge in [-0.1, -0.05) is 12.1 Å². The van der Waals surface area contributed by atoms with Crippen molar-refractivity contribution in [2.24, 2.45) is 0 Å². The Balaban J connectivity index is 1.60. The van der Waals surface area contributed by atoms with Crippen LogP contribution in [-0.2, 0) is 12.6 Å². The van der Waals surface area contributed by atoms with Gasteiger partial charge in [0, 0.05) is 24.7 Å². The zero-order chi connectivity index (χ0) is 21.3. The minimum Gasteiger partial charge on any atom is -0.455 e. The molecular weight excluding hydrogens is 397 g/mol. The molecule has 9 heteroatoms. The SMILES string of the molecule is CNc1cccc(N2CCc3c(Oc4ccc(C(F)(F)F)nc4)cccc3C2=O)n1. The summed E-state index contributed by atoms with van der Waals surface area (Å²) in [5.74, 6) is 1.55. The van der Waals surface area contributed by atoms with Crippen molar-refractivity contribution in [3.8, 4) is 11.5 Å². The number of carbonyl (C=O) groups excluding carboxylic acids is 1. The third-order valence-electron chi connectivity index (χ3n) is 4.72. The maximum Gasteiger partial charge on any atom is 0.433 e. The summed E-state index contributed by atoms with van der Waals surface area (Å²) in [6.45, 7) is 0.400.